The summed E-state index contributed by atoms with van der Waals surface area (Å²) >= 11 is 0. The van der Waals surface area contributed by atoms with Gasteiger partial charge in [0.05, 0.1) is 18.1 Å². The molecule has 0 fully saturated rings. The molecular formula is C26H32N4O4. The molecule has 34 heavy (non-hydrogen) atoms. The van der Waals surface area contributed by atoms with Crippen molar-refractivity contribution < 1.29 is 9.57 Å². The lowest BCUT2D eigenvalue weighted by Gasteiger charge is -2.23. The standard InChI is InChI=1S/C26H32N4O4/c1-4-19-8-5-6-9-21(19)34-24-20(16-18-12-10-17(2)11-13-18)22-23(28-24)29(3)26(32)30(25(22)31)14-7-15-33-27/h5-6,8-13,20,24,28H,4,7,14-16,27H2,1-3H3. The highest BCUT2D eigenvalue weighted by molar-refractivity contribution is 5.54. The maximum Gasteiger partial charge on any atom is 0.332 e. The lowest BCUT2D eigenvalue weighted by Crippen LogP contribution is -2.41. The topological polar surface area (TPSA) is 101 Å². The number of nitrogens with zero attached hydrogens (tertiary/aromatic N) is 2. The molecular weight excluding hydrogens is 432 g/mol. The average molecular weight is 465 g/mol. The van der Waals surface area contributed by atoms with Gasteiger partial charge in [-0.15, -0.1) is 0 Å². The summed E-state index contributed by atoms with van der Waals surface area (Å²) in [6.07, 6.45) is 1.39. The minimum Gasteiger partial charge on any atom is -0.470 e. The molecule has 1 aromatic heterocycles. The van der Waals surface area contributed by atoms with E-state index in [0.717, 1.165) is 23.3 Å². The number of ether oxygens (including phenoxy) is 1. The predicted octanol–water partition coefficient (Wildman–Crippen LogP) is 2.86. The SMILES string of the molecule is CCc1ccccc1OC1Nc2c(c(=O)n(CCCON)c(=O)n2C)C1Cc1ccc(C)cc1. The summed E-state index contributed by atoms with van der Waals surface area (Å²) in [5, 5.41) is 3.34. The Labute approximate surface area is 198 Å². The molecule has 2 aromatic carbocycles. The van der Waals surface area contributed by atoms with Crippen molar-refractivity contribution in [2.45, 2.75) is 51.8 Å². The van der Waals surface area contributed by atoms with E-state index in [2.05, 4.69) is 41.3 Å². The molecule has 2 atom stereocenters. The highest BCUT2D eigenvalue weighted by Crippen LogP contribution is 2.37. The van der Waals surface area contributed by atoms with E-state index in [1.54, 1.807) is 7.05 Å². The minimum atomic E-state index is -0.495. The van der Waals surface area contributed by atoms with Gasteiger partial charge in [0, 0.05) is 13.6 Å². The number of nitrogens with two attached hydrogens (primary N) is 1. The Morgan fingerprint density at radius 3 is 2.53 bits per heavy atom. The summed E-state index contributed by atoms with van der Waals surface area (Å²) in [5.74, 6) is 6.13. The van der Waals surface area contributed by atoms with Gasteiger partial charge in [-0.3, -0.25) is 13.9 Å². The first-order chi connectivity index (χ1) is 16.4. The molecule has 0 radical (unpaired) electrons. The van der Waals surface area contributed by atoms with E-state index >= 15 is 0 Å². The van der Waals surface area contributed by atoms with Gasteiger partial charge in [0.1, 0.15) is 11.6 Å². The van der Waals surface area contributed by atoms with Crippen molar-refractivity contribution in [2.75, 3.05) is 11.9 Å². The van der Waals surface area contributed by atoms with E-state index in [0.29, 0.717) is 24.2 Å². The fraction of sp³-hybridized carbons (Fsp3) is 0.385. The van der Waals surface area contributed by atoms with Crippen molar-refractivity contribution in [2.24, 2.45) is 12.9 Å². The molecule has 8 nitrogen and oxygen atoms in total. The van der Waals surface area contributed by atoms with Crippen LogP contribution in [0, 0.1) is 6.92 Å². The molecule has 0 spiro atoms. The predicted molar refractivity (Wildman–Crippen MR) is 132 cm³/mol. The average Bonchev–Trinajstić information content (AvgIpc) is 3.19. The third-order valence-corrected chi connectivity index (χ3v) is 6.43. The van der Waals surface area contributed by atoms with Crippen molar-refractivity contribution in [1.29, 1.82) is 0 Å². The summed E-state index contributed by atoms with van der Waals surface area (Å²) in [7, 11) is 1.68. The zero-order chi connectivity index (χ0) is 24.2. The van der Waals surface area contributed by atoms with Gasteiger partial charge in [-0.25, -0.2) is 10.7 Å². The van der Waals surface area contributed by atoms with Crippen LogP contribution < -0.4 is 27.2 Å². The summed E-state index contributed by atoms with van der Waals surface area (Å²) in [4.78, 5) is 31.2. The van der Waals surface area contributed by atoms with Crippen LogP contribution in [0.15, 0.2) is 58.1 Å². The largest absolute Gasteiger partial charge is 0.470 e. The lowest BCUT2D eigenvalue weighted by atomic mass is 9.93. The van der Waals surface area contributed by atoms with E-state index in [4.69, 9.17) is 10.6 Å². The molecule has 2 heterocycles. The van der Waals surface area contributed by atoms with Crippen LogP contribution in [0.1, 0.15) is 41.5 Å². The van der Waals surface area contributed by atoms with Crippen molar-refractivity contribution in [3.05, 3.63) is 91.6 Å². The van der Waals surface area contributed by atoms with Gasteiger partial charge in [-0.05, 0) is 43.4 Å². The smallest absolute Gasteiger partial charge is 0.332 e. The number of hydrogen-bond acceptors (Lipinski definition) is 6. The molecule has 0 saturated heterocycles. The maximum absolute atomic E-state index is 13.6. The lowest BCUT2D eigenvalue weighted by molar-refractivity contribution is 0.131. The van der Waals surface area contributed by atoms with Gasteiger partial charge in [0.2, 0.25) is 0 Å². The number of aromatic nitrogens is 2. The third kappa shape index (κ3) is 4.64. The molecule has 180 valence electrons. The monoisotopic (exact) mass is 464 g/mol. The number of benzene rings is 2. The molecule has 3 N–H and O–H groups in total. The van der Waals surface area contributed by atoms with Crippen LogP contribution in [0.5, 0.6) is 5.75 Å². The van der Waals surface area contributed by atoms with E-state index in [-0.39, 0.29) is 30.3 Å². The van der Waals surface area contributed by atoms with Crippen molar-refractivity contribution in [3.8, 4) is 5.75 Å². The molecule has 4 rings (SSSR count). The number of nitrogens with one attached hydrogen (secondary N) is 1. The second kappa shape index (κ2) is 10.3. The molecule has 0 aliphatic carbocycles. The Balaban J connectivity index is 1.78. The Morgan fingerprint density at radius 1 is 1.09 bits per heavy atom. The molecule has 0 bridgehead atoms. The zero-order valence-electron chi connectivity index (χ0n) is 19.9. The van der Waals surface area contributed by atoms with Crippen molar-refractivity contribution in [3.63, 3.8) is 0 Å². The molecule has 8 heteroatoms. The van der Waals surface area contributed by atoms with Gasteiger partial charge < -0.3 is 14.9 Å². The summed E-state index contributed by atoms with van der Waals surface area (Å²) < 4.78 is 9.23. The second-order valence-electron chi connectivity index (χ2n) is 8.73. The molecule has 0 saturated carbocycles. The second-order valence-corrected chi connectivity index (χ2v) is 8.73. The van der Waals surface area contributed by atoms with Crippen LogP contribution in [0.4, 0.5) is 5.82 Å². The normalized spacial score (nSPS) is 16.8. The molecule has 3 aromatic rings. The first-order valence-corrected chi connectivity index (χ1v) is 11.7. The van der Waals surface area contributed by atoms with Gasteiger partial charge in [-0.1, -0.05) is 55.0 Å². The van der Waals surface area contributed by atoms with Gasteiger partial charge in [0.15, 0.2) is 6.23 Å². The van der Waals surface area contributed by atoms with Gasteiger partial charge >= 0.3 is 5.69 Å². The first-order valence-electron chi connectivity index (χ1n) is 11.7. The minimum absolute atomic E-state index is 0.234. The van der Waals surface area contributed by atoms with Crippen LogP contribution >= 0.6 is 0 Å². The Kier molecular flexibility index (Phi) is 7.19. The van der Waals surface area contributed by atoms with E-state index in [1.807, 2.05) is 31.2 Å². The van der Waals surface area contributed by atoms with Crippen LogP contribution in [-0.2, 0) is 31.3 Å². The van der Waals surface area contributed by atoms with E-state index < -0.39 is 6.23 Å². The van der Waals surface area contributed by atoms with Crippen molar-refractivity contribution >= 4 is 5.82 Å². The molecule has 2 unspecified atom stereocenters. The number of hydrogen-bond donors (Lipinski definition) is 2. The first kappa shape index (κ1) is 23.8. The number of anilines is 1. The maximum atomic E-state index is 13.6. The van der Waals surface area contributed by atoms with Crippen molar-refractivity contribution in [1.82, 2.24) is 9.13 Å². The molecule has 0 amide bonds. The Morgan fingerprint density at radius 2 is 1.82 bits per heavy atom. The fourth-order valence-electron chi connectivity index (χ4n) is 4.54. The fourth-order valence-corrected chi connectivity index (χ4v) is 4.54. The molecule has 1 aliphatic heterocycles. The van der Waals surface area contributed by atoms with E-state index in [9.17, 15) is 9.59 Å². The summed E-state index contributed by atoms with van der Waals surface area (Å²) in [6, 6.07) is 16.2. The summed E-state index contributed by atoms with van der Waals surface area (Å²) in [6.45, 7) is 4.62. The zero-order valence-corrected chi connectivity index (χ0v) is 19.9. The highest BCUT2D eigenvalue weighted by atomic mass is 16.6. The number of aryl methyl sites for hydroxylation is 2. The van der Waals surface area contributed by atoms with Crippen LogP contribution in [-0.4, -0.2) is 22.0 Å². The van der Waals surface area contributed by atoms with Crippen LogP contribution in [0.2, 0.25) is 0 Å². The van der Waals surface area contributed by atoms with E-state index in [1.165, 1.54) is 14.7 Å². The van der Waals surface area contributed by atoms with Crippen LogP contribution in [0.3, 0.4) is 0 Å². The molecule has 1 aliphatic rings. The highest BCUT2D eigenvalue weighted by Gasteiger charge is 2.39. The van der Waals surface area contributed by atoms with Gasteiger partial charge in [0.25, 0.3) is 5.56 Å². The number of rotatable bonds is 9. The quantitative estimate of drug-likeness (QED) is 0.373. The Bertz CT molecular complexity index is 1260. The van der Waals surface area contributed by atoms with Crippen LogP contribution in [0.25, 0.3) is 0 Å². The van der Waals surface area contributed by atoms with Gasteiger partial charge in [-0.2, -0.15) is 0 Å². The summed E-state index contributed by atoms with van der Waals surface area (Å²) in [5.41, 5.74) is 3.24. The third-order valence-electron chi connectivity index (χ3n) is 6.43. The number of para-hydroxylation sites is 1. The Hall–Kier alpha value is -3.36. The number of fused-ring (bicyclic) bond motifs is 1.